The standard InChI is InChI=1S/C9H19NS/c1-5-10(7-11)6-9(4)8(2)3/h7-9H,5-6H2,1-4H3. The number of hydrogen-bond donors (Lipinski definition) is 0. The van der Waals surface area contributed by atoms with E-state index in [0.717, 1.165) is 24.9 Å². The fourth-order valence-electron chi connectivity index (χ4n) is 0.827. The summed E-state index contributed by atoms with van der Waals surface area (Å²) in [5.74, 6) is 1.48. The summed E-state index contributed by atoms with van der Waals surface area (Å²) in [6, 6.07) is 0. The summed E-state index contributed by atoms with van der Waals surface area (Å²) in [6.45, 7) is 11.0. The number of hydrogen-bond acceptors (Lipinski definition) is 1. The van der Waals surface area contributed by atoms with Crippen molar-refractivity contribution in [3.8, 4) is 0 Å². The summed E-state index contributed by atoms with van der Waals surface area (Å²) in [7, 11) is 0. The van der Waals surface area contributed by atoms with Gasteiger partial charge in [0.1, 0.15) is 0 Å². The van der Waals surface area contributed by atoms with Crippen LogP contribution in [0, 0.1) is 11.8 Å². The topological polar surface area (TPSA) is 3.24 Å². The third kappa shape index (κ3) is 4.35. The highest BCUT2D eigenvalue weighted by Crippen LogP contribution is 2.10. The van der Waals surface area contributed by atoms with E-state index in [-0.39, 0.29) is 0 Å². The van der Waals surface area contributed by atoms with Crippen molar-refractivity contribution in [3.63, 3.8) is 0 Å². The van der Waals surface area contributed by atoms with Crippen LogP contribution in [-0.2, 0) is 0 Å². The minimum absolute atomic E-state index is 0.731. The van der Waals surface area contributed by atoms with E-state index in [9.17, 15) is 0 Å². The van der Waals surface area contributed by atoms with Crippen molar-refractivity contribution in [1.82, 2.24) is 4.90 Å². The Hall–Kier alpha value is -0.110. The van der Waals surface area contributed by atoms with Crippen LogP contribution in [0.1, 0.15) is 27.7 Å². The average Bonchev–Trinajstić information content (AvgIpc) is 1.99. The quantitative estimate of drug-likeness (QED) is 0.588. The van der Waals surface area contributed by atoms with E-state index < -0.39 is 0 Å². The van der Waals surface area contributed by atoms with Gasteiger partial charge in [-0.25, -0.2) is 0 Å². The van der Waals surface area contributed by atoms with Gasteiger partial charge in [0.05, 0.1) is 5.49 Å². The summed E-state index contributed by atoms with van der Waals surface area (Å²) >= 11 is 4.88. The zero-order valence-corrected chi connectivity index (χ0v) is 8.82. The zero-order chi connectivity index (χ0) is 8.85. The van der Waals surface area contributed by atoms with Gasteiger partial charge in [0, 0.05) is 13.1 Å². The van der Waals surface area contributed by atoms with Crippen molar-refractivity contribution >= 4 is 17.7 Å². The zero-order valence-electron chi connectivity index (χ0n) is 8.00. The molecule has 1 nitrogen and oxygen atoms in total. The molecule has 0 aromatic heterocycles. The molecule has 0 aliphatic carbocycles. The van der Waals surface area contributed by atoms with E-state index in [1.54, 1.807) is 5.49 Å². The molecule has 0 fully saturated rings. The van der Waals surface area contributed by atoms with Crippen LogP contribution in [0.3, 0.4) is 0 Å². The molecule has 1 unspecified atom stereocenters. The van der Waals surface area contributed by atoms with Gasteiger partial charge in [-0.2, -0.15) is 0 Å². The smallest absolute Gasteiger partial charge is 0.0640 e. The second kappa shape index (κ2) is 5.53. The fraction of sp³-hybridized carbons (Fsp3) is 0.889. The van der Waals surface area contributed by atoms with Crippen LogP contribution in [0.4, 0.5) is 0 Å². The third-order valence-corrected chi connectivity index (χ3v) is 2.51. The maximum absolute atomic E-state index is 4.88. The van der Waals surface area contributed by atoms with Crippen LogP contribution in [0.15, 0.2) is 0 Å². The predicted octanol–water partition coefficient (Wildman–Crippen LogP) is 2.56. The van der Waals surface area contributed by atoms with Gasteiger partial charge in [-0.05, 0) is 18.8 Å². The second-order valence-corrected chi connectivity index (χ2v) is 3.63. The van der Waals surface area contributed by atoms with Crippen LogP contribution in [0.25, 0.3) is 0 Å². The van der Waals surface area contributed by atoms with Gasteiger partial charge in [-0.15, -0.1) is 0 Å². The van der Waals surface area contributed by atoms with Crippen molar-refractivity contribution in [2.24, 2.45) is 11.8 Å². The predicted molar refractivity (Wildman–Crippen MR) is 54.9 cm³/mol. The van der Waals surface area contributed by atoms with Gasteiger partial charge in [-0.1, -0.05) is 33.0 Å². The Kier molecular flexibility index (Phi) is 5.47. The summed E-state index contributed by atoms with van der Waals surface area (Å²) in [5, 5.41) is 0. The molecule has 0 heterocycles. The highest BCUT2D eigenvalue weighted by molar-refractivity contribution is 7.78. The Bertz CT molecular complexity index is 112. The number of thiocarbonyl (C=S) groups is 1. The summed E-state index contributed by atoms with van der Waals surface area (Å²) < 4.78 is 0. The minimum Gasteiger partial charge on any atom is -0.369 e. The molecule has 0 saturated heterocycles. The van der Waals surface area contributed by atoms with Crippen molar-refractivity contribution in [3.05, 3.63) is 0 Å². The molecule has 11 heavy (non-hydrogen) atoms. The maximum atomic E-state index is 4.88. The van der Waals surface area contributed by atoms with Gasteiger partial charge in [0.15, 0.2) is 0 Å². The Balaban J connectivity index is 3.71. The maximum Gasteiger partial charge on any atom is 0.0640 e. The van der Waals surface area contributed by atoms with Crippen molar-refractivity contribution in [1.29, 1.82) is 0 Å². The highest BCUT2D eigenvalue weighted by atomic mass is 32.1. The molecule has 0 aliphatic heterocycles. The molecule has 1 atom stereocenters. The van der Waals surface area contributed by atoms with Crippen molar-refractivity contribution in [2.45, 2.75) is 27.7 Å². The van der Waals surface area contributed by atoms with E-state index in [1.165, 1.54) is 0 Å². The molecular weight excluding hydrogens is 154 g/mol. The lowest BCUT2D eigenvalue weighted by Gasteiger charge is -2.23. The molecule has 0 aromatic rings. The lowest BCUT2D eigenvalue weighted by atomic mass is 9.98. The lowest BCUT2D eigenvalue weighted by Crippen LogP contribution is -2.28. The Labute approximate surface area is 75.8 Å². The summed E-state index contributed by atoms with van der Waals surface area (Å²) in [4.78, 5) is 2.18. The number of nitrogens with zero attached hydrogens (tertiary/aromatic N) is 1. The largest absolute Gasteiger partial charge is 0.369 e. The van der Waals surface area contributed by atoms with Gasteiger partial charge >= 0.3 is 0 Å². The normalized spacial score (nSPS) is 13.2. The fourth-order valence-corrected chi connectivity index (χ4v) is 1.06. The van der Waals surface area contributed by atoms with E-state index in [2.05, 4.69) is 32.6 Å². The Morgan fingerprint density at radius 3 is 2.18 bits per heavy atom. The van der Waals surface area contributed by atoms with Crippen molar-refractivity contribution in [2.75, 3.05) is 13.1 Å². The average molecular weight is 173 g/mol. The SMILES string of the molecule is CCN(C=S)CC(C)C(C)C. The molecule has 0 saturated carbocycles. The van der Waals surface area contributed by atoms with E-state index in [1.807, 2.05) is 0 Å². The molecular formula is C9H19NS. The van der Waals surface area contributed by atoms with Gasteiger partial charge in [-0.3, -0.25) is 0 Å². The van der Waals surface area contributed by atoms with Crippen LogP contribution < -0.4 is 0 Å². The van der Waals surface area contributed by atoms with Crippen LogP contribution in [-0.4, -0.2) is 23.5 Å². The minimum atomic E-state index is 0.731. The summed E-state index contributed by atoms with van der Waals surface area (Å²) in [5.41, 5.74) is 1.76. The first kappa shape index (κ1) is 10.9. The summed E-state index contributed by atoms with van der Waals surface area (Å²) in [6.07, 6.45) is 0. The van der Waals surface area contributed by atoms with Crippen molar-refractivity contribution < 1.29 is 0 Å². The second-order valence-electron chi connectivity index (χ2n) is 3.41. The molecule has 0 aromatic carbocycles. The molecule has 0 amide bonds. The van der Waals surface area contributed by atoms with Gasteiger partial charge in [0.25, 0.3) is 0 Å². The number of rotatable bonds is 5. The molecule has 0 bridgehead atoms. The van der Waals surface area contributed by atoms with Gasteiger partial charge in [0.2, 0.25) is 0 Å². The Morgan fingerprint density at radius 2 is 1.91 bits per heavy atom. The Morgan fingerprint density at radius 1 is 1.36 bits per heavy atom. The highest BCUT2D eigenvalue weighted by Gasteiger charge is 2.08. The van der Waals surface area contributed by atoms with Crippen LogP contribution >= 0.6 is 12.2 Å². The first-order chi connectivity index (χ1) is 5.11. The molecule has 0 radical (unpaired) electrons. The monoisotopic (exact) mass is 173 g/mol. The van der Waals surface area contributed by atoms with Crippen LogP contribution in [0.2, 0.25) is 0 Å². The molecule has 0 aliphatic rings. The molecule has 2 heteroatoms. The molecule has 0 spiro atoms. The lowest BCUT2D eigenvalue weighted by molar-refractivity contribution is 0.314. The molecule has 66 valence electrons. The van der Waals surface area contributed by atoms with E-state index in [4.69, 9.17) is 12.2 Å². The van der Waals surface area contributed by atoms with Gasteiger partial charge < -0.3 is 4.90 Å². The first-order valence-electron chi connectivity index (χ1n) is 4.31. The molecule has 0 N–H and O–H groups in total. The molecule has 0 rings (SSSR count). The third-order valence-electron chi connectivity index (χ3n) is 2.22. The van der Waals surface area contributed by atoms with E-state index >= 15 is 0 Å². The van der Waals surface area contributed by atoms with E-state index in [0.29, 0.717) is 0 Å². The van der Waals surface area contributed by atoms with Crippen LogP contribution in [0.5, 0.6) is 0 Å². The first-order valence-corrected chi connectivity index (χ1v) is 4.78.